The van der Waals surface area contributed by atoms with Gasteiger partial charge in [0.2, 0.25) is 0 Å². The van der Waals surface area contributed by atoms with E-state index in [0.29, 0.717) is 5.56 Å². The van der Waals surface area contributed by atoms with Crippen molar-refractivity contribution >= 4 is 11.0 Å². The van der Waals surface area contributed by atoms with Crippen molar-refractivity contribution in [1.29, 1.82) is 5.26 Å². The lowest BCUT2D eigenvalue weighted by Gasteiger charge is -2.01. The van der Waals surface area contributed by atoms with Crippen LogP contribution in [0.15, 0.2) is 61.2 Å². The van der Waals surface area contributed by atoms with E-state index >= 15 is 0 Å². The van der Waals surface area contributed by atoms with Gasteiger partial charge in [-0.1, -0.05) is 0 Å². The van der Waals surface area contributed by atoms with Crippen LogP contribution in [0.2, 0.25) is 0 Å². The van der Waals surface area contributed by atoms with Crippen molar-refractivity contribution in [3.63, 3.8) is 0 Å². The number of hydrogen-bond acceptors (Lipinski definition) is 3. The van der Waals surface area contributed by atoms with E-state index in [1.54, 1.807) is 23.0 Å². The van der Waals surface area contributed by atoms with Crippen molar-refractivity contribution in [2.24, 2.45) is 0 Å². The molecule has 0 saturated heterocycles. The van der Waals surface area contributed by atoms with E-state index in [9.17, 15) is 0 Å². The minimum Gasteiger partial charge on any atom is -0.346 e. The highest BCUT2D eigenvalue weighted by Gasteiger charge is 2.08. The molecule has 3 aromatic heterocycles. The Labute approximate surface area is 126 Å². The third-order valence-corrected chi connectivity index (χ3v) is 3.61. The smallest absolute Gasteiger partial charge is 0.137 e. The van der Waals surface area contributed by atoms with E-state index in [4.69, 9.17) is 5.26 Å². The molecule has 0 aliphatic rings. The van der Waals surface area contributed by atoms with E-state index < -0.39 is 0 Å². The van der Waals surface area contributed by atoms with Gasteiger partial charge in [0.25, 0.3) is 0 Å². The number of benzene rings is 1. The Morgan fingerprint density at radius 1 is 1.09 bits per heavy atom. The van der Waals surface area contributed by atoms with E-state index in [0.717, 1.165) is 27.8 Å². The van der Waals surface area contributed by atoms with Crippen molar-refractivity contribution in [2.45, 2.75) is 0 Å². The molecule has 5 heteroatoms. The molecule has 5 nitrogen and oxygen atoms in total. The number of hydrogen-bond donors (Lipinski definition) is 1. The van der Waals surface area contributed by atoms with Gasteiger partial charge in [-0.2, -0.15) is 10.4 Å². The summed E-state index contributed by atoms with van der Waals surface area (Å²) in [5.41, 5.74) is 4.54. The molecule has 0 bridgehead atoms. The number of nitrogens with zero attached hydrogens (tertiary/aromatic N) is 4. The van der Waals surface area contributed by atoms with Crippen LogP contribution in [0.3, 0.4) is 0 Å². The average Bonchev–Trinajstić information content (AvgIpc) is 3.24. The Morgan fingerprint density at radius 3 is 2.77 bits per heavy atom. The molecule has 4 rings (SSSR count). The number of H-pyrrole nitrogens is 1. The second-order valence-electron chi connectivity index (χ2n) is 4.93. The van der Waals surface area contributed by atoms with Crippen LogP contribution >= 0.6 is 0 Å². The summed E-state index contributed by atoms with van der Waals surface area (Å²) in [7, 11) is 0. The monoisotopic (exact) mass is 285 g/mol. The van der Waals surface area contributed by atoms with Gasteiger partial charge in [0.05, 0.1) is 23.5 Å². The Balaban J connectivity index is 1.78. The molecule has 0 unspecified atom stereocenters. The minimum atomic E-state index is 0.638. The third-order valence-electron chi connectivity index (χ3n) is 3.61. The quantitative estimate of drug-likeness (QED) is 0.614. The van der Waals surface area contributed by atoms with Gasteiger partial charge in [0.15, 0.2) is 0 Å². The molecule has 1 N–H and O–H groups in total. The first-order valence-corrected chi connectivity index (χ1v) is 6.83. The Bertz CT molecular complexity index is 986. The van der Waals surface area contributed by atoms with Crippen molar-refractivity contribution in [3.8, 4) is 22.9 Å². The van der Waals surface area contributed by atoms with Crippen molar-refractivity contribution in [3.05, 3.63) is 66.7 Å². The van der Waals surface area contributed by atoms with Crippen molar-refractivity contribution in [2.75, 3.05) is 0 Å². The van der Waals surface area contributed by atoms with Gasteiger partial charge >= 0.3 is 0 Å². The molecule has 104 valence electrons. The molecule has 0 radical (unpaired) electrons. The molecule has 1 aromatic carbocycles. The maximum Gasteiger partial charge on any atom is 0.137 e. The first-order valence-electron chi connectivity index (χ1n) is 6.83. The molecular weight excluding hydrogens is 274 g/mol. The molecule has 0 amide bonds. The second kappa shape index (κ2) is 4.86. The van der Waals surface area contributed by atoms with Gasteiger partial charge in [-0.15, -0.1) is 0 Å². The van der Waals surface area contributed by atoms with Crippen LogP contribution < -0.4 is 0 Å². The minimum absolute atomic E-state index is 0.638. The number of nitriles is 1. The fourth-order valence-electron chi connectivity index (χ4n) is 2.50. The summed E-state index contributed by atoms with van der Waals surface area (Å²) in [6, 6.07) is 13.4. The summed E-state index contributed by atoms with van der Waals surface area (Å²) in [6.45, 7) is 0. The topological polar surface area (TPSA) is 70.3 Å². The van der Waals surface area contributed by atoms with Gasteiger partial charge in [0.1, 0.15) is 5.65 Å². The molecule has 4 aromatic rings. The molecule has 0 saturated carbocycles. The lowest BCUT2D eigenvalue weighted by molar-refractivity contribution is 0.880. The molecular formula is C17H11N5. The Hall–Kier alpha value is -3.39. The average molecular weight is 285 g/mol. The summed E-state index contributed by atoms with van der Waals surface area (Å²) >= 11 is 0. The van der Waals surface area contributed by atoms with Gasteiger partial charge in [-0.25, -0.2) is 9.67 Å². The summed E-state index contributed by atoms with van der Waals surface area (Å²) in [5, 5.41) is 14.3. The lowest BCUT2D eigenvalue weighted by atomic mass is 10.1. The fraction of sp³-hybridized carbons (Fsp3) is 0. The zero-order valence-corrected chi connectivity index (χ0v) is 11.6. The SMILES string of the molecule is N#Cc1ccc(-n2cc(-c3ccnc4[nH]ccc34)cn2)cc1. The van der Waals surface area contributed by atoms with Crippen LogP contribution in [0.4, 0.5) is 0 Å². The van der Waals surface area contributed by atoms with E-state index in [1.807, 2.05) is 42.9 Å². The highest BCUT2D eigenvalue weighted by Crippen LogP contribution is 2.27. The maximum absolute atomic E-state index is 8.85. The normalized spacial score (nSPS) is 10.7. The third kappa shape index (κ3) is 1.95. The van der Waals surface area contributed by atoms with Crippen LogP contribution in [0, 0.1) is 11.3 Å². The summed E-state index contributed by atoms with van der Waals surface area (Å²) in [5.74, 6) is 0. The highest BCUT2D eigenvalue weighted by atomic mass is 15.3. The van der Waals surface area contributed by atoms with E-state index in [-0.39, 0.29) is 0 Å². The van der Waals surface area contributed by atoms with Crippen LogP contribution in [-0.2, 0) is 0 Å². The standard InChI is InChI=1S/C17H11N5/c18-9-12-1-3-14(4-2-12)22-11-13(10-21-22)15-5-7-19-17-16(15)6-8-20-17/h1-8,10-11H,(H,19,20). The fourth-order valence-corrected chi connectivity index (χ4v) is 2.50. The molecule has 0 aliphatic heterocycles. The highest BCUT2D eigenvalue weighted by molar-refractivity contribution is 5.92. The van der Waals surface area contributed by atoms with Crippen LogP contribution in [0.1, 0.15) is 5.56 Å². The van der Waals surface area contributed by atoms with Gasteiger partial charge in [0, 0.05) is 29.5 Å². The van der Waals surface area contributed by atoms with Gasteiger partial charge in [-0.05, 0) is 42.0 Å². The van der Waals surface area contributed by atoms with Gasteiger partial charge in [-0.3, -0.25) is 0 Å². The van der Waals surface area contributed by atoms with Gasteiger partial charge < -0.3 is 4.98 Å². The first kappa shape index (κ1) is 12.4. The predicted octanol–water partition coefficient (Wildman–Crippen LogP) is 3.29. The molecule has 0 aliphatic carbocycles. The molecule has 22 heavy (non-hydrogen) atoms. The maximum atomic E-state index is 8.85. The van der Waals surface area contributed by atoms with Crippen LogP contribution in [-0.4, -0.2) is 19.7 Å². The number of nitrogens with one attached hydrogen (secondary N) is 1. The van der Waals surface area contributed by atoms with Crippen molar-refractivity contribution < 1.29 is 0 Å². The number of rotatable bonds is 2. The number of aromatic amines is 1. The molecule has 0 atom stereocenters. The Kier molecular flexibility index (Phi) is 2.73. The van der Waals surface area contributed by atoms with E-state index in [2.05, 4.69) is 21.1 Å². The molecule has 0 fully saturated rings. The first-order chi connectivity index (χ1) is 10.8. The predicted molar refractivity (Wildman–Crippen MR) is 83.4 cm³/mol. The number of fused-ring (bicyclic) bond motifs is 1. The largest absolute Gasteiger partial charge is 0.346 e. The molecule has 3 heterocycles. The molecule has 0 spiro atoms. The Morgan fingerprint density at radius 2 is 1.95 bits per heavy atom. The second-order valence-corrected chi connectivity index (χ2v) is 4.93. The van der Waals surface area contributed by atoms with Crippen LogP contribution in [0.5, 0.6) is 0 Å². The zero-order chi connectivity index (χ0) is 14.9. The zero-order valence-electron chi connectivity index (χ0n) is 11.6. The lowest BCUT2D eigenvalue weighted by Crippen LogP contribution is -1.93. The number of pyridine rings is 1. The summed E-state index contributed by atoms with van der Waals surface area (Å²) in [4.78, 5) is 7.41. The summed E-state index contributed by atoms with van der Waals surface area (Å²) in [6.07, 6.45) is 7.47. The van der Waals surface area contributed by atoms with Crippen molar-refractivity contribution in [1.82, 2.24) is 19.7 Å². The van der Waals surface area contributed by atoms with E-state index in [1.165, 1.54) is 0 Å². The summed E-state index contributed by atoms with van der Waals surface area (Å²) < 4.78 is 1.80. The van der Waals surface area contributed by atoms with Crippen LogP contribution in [0.25, 0.3) is 27.8 Å². The number of aromatic nitrogens is 4.